The summed E-state index contributed by atoms with van der Waals surface area (Å²) < 4.78 is 6.34. The van der Waals surface area contributed by atoms with Gasteiger partial charge in [-0.05, 0) is 13.8 Å². The molecule has 0 aliphatic carbocycles. The van der Waals surface area contributed by atoms with Crippen LogP contribution in [0.3, 0.4) is 0 Å². The highest BCUT2D eigenvalue weighted by Gasteiger charge is 2.06. The molecule has 1 rings (SSSR count). The van der Waals surface area contributed by atoms with E-state index in [9.17, 15) is 4.79 Å². The minimum Gasteiger partial charge on any atom is -0.462 e. The van der Waals surface area contributed by atoms with Gasteiger partial charge >= 0.3 is 5.97 Å². The van der Waals surface area contributed by atoms with Gasteiger partial charge in [0.25, 0.3) is 0 Å². The first-order valence-corrected chi connectivity index (χ1v) is 4.74. The molecular weight excluding hydrogens is 196 g/mol. The zero-order chi connectivity index (χ0) is 11.1. The summed E-state index contributed by atoms with van der Waals surface area (Å²) in [6, 6.07) is 5.50. The third kappa shape index (κ3) is 4.97. The Balaban J connectivity index is 2.19. The number of rotatable bonds is 5. The van der Waals surface area contributed by atoms with Crippen molar-refractivity contribution in [2.45, 2.75) is 20.0 Å². The maximum Gasteiger partial charge on any atom is 0.323 e. The SMILES string of the molecule is CC(C)OC(=O)CNO[n+]1ccccc1. The Morgan fingerprint density at radius 1 is 1.33 bits per heavy atom. The Labute approximate surface area is 88.5 Å². The molecule has 0 aliphatic rings. The van der Waals surface area contributed by atoms with Crippen LogP contribution in [0, 0.1) is 0 Å². The van der Waals surface area contributed by atoms with E-state index in [0.717, 1.165) is 0 Å². The predicted octanol–water partition coefficient (Wildman–Crippen LogP) is -0.141. The second-order valence-corrected chi connectivity index (χ2v) is 3.19. The normalized spacial score (nSPS) is 10.1. The Morgan fingerprint density at radius 3 is 2.60 bits per heavy atom. The van der Waals surface area contributed by atoms with E-state index >= 15 is 0 Å². The number of carbonyl (C=O) groups excluding carboxylic acids is 1. The summed E-state index contributed by atoms with van der Waals surface area (Å²) >= 11 is 0. The van der Waals surface area contributed by atoms with Crippen molar-refractivity contribution in [3.8, 4) is 0 Å². The van der Waals surface area contributed by atoms with Gasteiger partial charge in [0.05, 0.1) is 6.10 Å². The van der Waals surface area contributed by atoms with Gasteiger partial charge in [0.15, 0.2) is 0 Å². The van der Waals surface area contributed by atoms with Gasteiger partial charge in [-0.25, -0.2) is 0 Å². The minimum absolute atomic E-state index is 0.0140. The van der Waals surface area contributed by atoms with Gasteiger partial charge in [0.1, 0.15) is 6.54 Å². The summed E-state index contributed by atoms with van der Waals surface area (Å²) in [5.41, 5.74) is 2.50. The number of hydroxylamine groups is 1. The zero-order valence-electron chi connectivity index (χ0n) is 8.84. The van der Waals surface area contributed by atoms with Gasteiger partial charge < -0.3 is 4.74 Å². The quantitative estimate of drug-likeness (QED) is 0.418. The summed E-state index contributed by atoms with van der Waals surface area (Å²) in [5.74, 6) is -0.346. The number of pyridine rings is 1. The number of hydrogen-bond donors (Lipinski definition) is 1. The number of nitrogens with zero attached hydrogens (tertiary/aromatic N) is 1. The molecule has 5 heteroatoms. The molecule has 1 aromatic rings. The lowest BCUT2D eigenvalue weighted by Crippen LogP contribution is -2.50. The van der Waals surface area contributed by atoms with E-state index in [1.165, 1.54) is 4.73 Å². The third-order valence-corrected chi connectivity index (χ3v) is 1.44. The van der Waals surface area contributed by atoms with Crippen molar-refractivity contribution in [3.05, 3.63) is 30.6 Å². The van der Waals surface area contributed by atoms with E-state index in [1.807, 2.05) is 18.2 Å². The highest BCUT2D eigenvalue weighted by molar-refractivity contribution is 5.71. The highest BCUT2D eigenvalue weighted by atomic mass is 16.8. The summed E-state index contributed by atoms with van der Waals surface area (Å²) in [5, 5.41) is 0. The van der Waals surface area contributed by atoms with E-state index < -0.39 is 0 Å². The van der Waals surface area contributed by atoms with Crippen LogP contribution in [0.4, 0.5) is 0 Å². The minimum atomic E-state index is -0.346. The number of hydrogen-bond acceptors (Lipinski definition) is 4. The summed E-state index contributed by atoms with van der Waals surface area (Å²) in [6.07, 6.45) is 3.31. The standard InChI is InChI=1S/C10H15N2O3/c1-9(2)14-10(13)8-11-15-12-6-4-3-5-7-12/h3-7,9,11H,8H2,1-2H3/q+1. The lowest BCUT2D eigenvalue weighted by Gasteiger charge is -2.06. The molecule has 1 N–H and O–H groups in total. The molecule has 0 fully saturated rings. The number of esters is 1. The van der Waals surface area contributed by atoms with Crippen molar-refractivity contribution in [2.24, 2.45) is 0 Å². The van der Waals surface area contributed by atoms with Crippen LogP contribution in [0.5, 0.6) is 0 Å². The van der Waals surface area contributed by atoms with Crippen LogP contribution in [0.25, 0.3) is 0 Å². The molecule has 15 heavy (non-hydrogen) atoms. The van der Waals surface area contributed by atoms with Crippen molar-refractivity contribution >= 4 is 5.97 Å². The Bertz CT molecular complexity index is 301. The number of carbonyl (C=O) groups is 1. The molecule has 82 valence electrons. The molecule has 0 atom stereocenters. The maximum atomic E-state index is 11.1. The lowest BCUT2D eigenvalue weighted by atomic mass is 10.5. The van der Waals surface area contributed by atoms with Crippen LogP contribution in [-0.4, -0.2) is 18.6 Å². The van der Waals surface area contributed by atoms with Gasteiger partial charge in [0.2, 0.25) is 12.4 Å². The molecule has 0 radical (unpaired) electrons. The third-order valence-electron chi connectivity index (χ3n) is 1.44. The number of ether oxygens (including phenoxy) is 1. The van der Waals surface area contributed by atoms with Gasteiger partial charge in [-0.2, -0.15) is 4.94 Å². The van der Waals surface area contributed by atoms with Crippen LogP contribution in [0.15, 0.2) is 30.6 Å². The van der Waals surface area contributed by atoms with Crippen molar-refractivity contribution in [1.82, 2.24) is 5.48 Å². The first kappa shape index (κ1) is 11.5. The second-order valence-electron chi connectivity index (χ2n) is 3.19. The lowest BCUT2D eigenvalue weighted by molar-refractivity contribution is -0.904. The summed E-state index contributed by atoms with van der Waals surface area (Å²) in [7, 11) is 0. The largest absolute Gasteiger partial charge is 0.462 e. The smallest absolute Gasteiger partial charge is 0.323 e. The second kappa shape index (κ2) is 5.98. The Kier molecular flexibility index (Phi) is 4.56. The maximum absolute atomic E-state index is 11.1. The monoisotopic (exact) mass is 211 g/mol. The fourth-order valence-corrected chi connectivity index (χ4v) is 0.914. The molecular formula is C10H15N2O3+. The van der Waals surface area contributed by atoms with Crippen molar-refractivity contribution in [2.75, 3.05) is 6.54 Å². The predicted molar refractivity (Wildman–Crippen MR) is 52.4 cm³/mol. The summed E-state index contributed by atoms with van der Waals surface area (Å²) in [4.78, 5) is 16.1. The van der Waals surface area contributed by atoms with Crippen molar-refractivity contribution in [3.63, 3.8) is 0 Å². The van der Waals surface area contributed by atoms with E-state index in [0.29, 0.717) is 0 Å². The van der Waals surface area contributed by atoms with Crippen LogP contribution < -0.4 is 15.1 Å². The Morgan fingerprint density at radius 2 is 2.00 bits per heavy atom. The molecule has 0 amide bonds. The highest BCUT2D eigenvalue weighted by Crippen LogP contribution is 1.86. The van der Waals surface area contributed by atoms with Gasteiger partial charge in [-0.3, -0.25) is 4.79 Å². The van der Waals surface area contributed by atoms with Gasteiger partial charge in [0, 0.05) is 16.9 Å². The number of aromatic nitrogens is 1. The molecule has 0 aromatic carbocycles. The molecule has 0 unspecified atom stereocenters. The van der Waals surface area contributed by atoms with Gasteiger partial charge in [-0.15, -0.1) is 0 Å². The topological polar surface area (TPSA) is 51.4 Å². The molecule has 0 aliphatic heterocycles. The number of nitrogens with one attached hydrogen (secondary N) is 1. The van der Waals surface area contributed by atoms with Crippen LogP contribution in [0.2, 0.25) is 0 Å². The zero-order valence-corrected chi connectivity index (χ0v) is 8.84. The molecule has 1 aromatic heterocycles. The van der Waals surface area contributed by atoms with Crippen LogP contribution in [-0.2, 0) is 9.53 Å². The molecule has 5 nitrogen and oxygen atoms in total. The van der Waals surface area contributed by atoms with Gasteiger partial charge in [-0.1, -0.05) is 11.5 Å². The van der Waals surface area contributed by atoms with Crippen molar-refractivity contribution in [1.29, 1.82) is 0 Å². The first-order valence-electron chi connectivity index (χ1n) is 4.74. The molecule has 1 heterocycles. The van der Waals surface area contributed by atoms with Crippen LogP contribution in [0.1, 0.15) is 13.8 Å². The van der Waals surface area contributed by atoms with Crippen LogP contribution >= 0.6 is 0 Å². The average molecular weight is 211 g/mol. The molecule has 0 spiro atoms. The Hall–Kier alpha value is -1.62. The first-order chi connectivity index (χ1) is 7.18. The van der Waals surface area contributed by atoms with E-state index in [2.05, 4.69) is 5.48 Å². The van der Waals surface area contributed by atoms with E-state index in [1.54, 1.807) is 26.2 Å². The van der Waals surface area contributed by atoms with E-state index in [4.69, 9.17) is 9.68 Å². The molecule has 0 bridgehead atoms. The molecule has 0 saturated carbocycles. The fourth-order valence-electron chi connectivity index (χ4n) is 0.914. The van der Waals surface area contributed by atoms with Crippen molar-refractivity contribution < 1.29 is 19.2 Å². The fraction of sp³-hybridized carbons (Fsp3) is 0.400. The van der Waals surface area contributed by atoms with E-state index in [-0.39, 0.29) is 18.6 Å². The molecule has 0 saturated heterocycles. The average Bonchev–Trinajstić information content (AvgIpc) is 2.18. The summed E-state index contributed by atoms with van der Waals surface area (Å²) in [6.45, 7) is 3.61.